The maximum atomic E-state index is 10.4. The molecule has 1 aromatic rings. The van der Waals surface area contributed by atoms with Crippen molar-refractivity contribution in [2.45, 2.75) is 12.8 Å². The number of pyridine rings is 1. The summed E-state index contributed by atoms with van der Waals surface area (Å²) in [6.07, 6.45) is 2.90. The molecule has 1 aliphatic rings. The van der Waals surface area contributed by atoms with Crippen molar-refractivity contribution in [3.05, 3.63) is 23.9 Å². The Morgan fingerprint density at radius 3 is 3.29 bits per heavy atom. The van der Waals surface area contributed by atoms with E-state index < -0.39 is 5.97 Å². The second-order valence-corrected chi connectivity index (χ2v) is 3.37. The molecule has 0 unspecified atom stereocenters. The SMILES string of the molecule is O=C(O)CCN1CCc2cccnc21. The average molecular weight is 192 g/mol. The Morgan fingerprint density at radius 1 is 1.64 bits per heavy atom. The predicted octanol–water partition coefficient (Wildman–Crippen LogP) is 0.919. The number of aliphatic carboxylic acids is 1. The second-order valence-electron chi connectivity index (χ2n) is 3.37. The summed E-state index contributed by atoms with van der Waals surface area (Å²) in [5.41, 5.74) is 1.22. The van der Waals surface area contributed by atoms with Gasteiger partial charge in [-0.15, -0.1) is 0 Å². The van der Waals surface area contributed by atoms with Gasteiger partial charge in [-0.2, -0.15) is 0 Å². The molecule has 0 atom stereocenters. The van der Waals surface area contributed by atoms with Gasteiger partial charge in [0.25, 0.3) is 0 Å². The molecule has 4 nitrogen and oxygen atoms in total. The molecule has 1 N–H and O–H groups in total. The van der Waals surface area contributed by atoms with E-state index in [0.29, 0.717) is 6.54 Å². The zero-order chi connectivity index (χ0) is 9.97. The number of carbonyl (C=O) groups is 1. The Bertz CT molecular complexity index is 352. The van der Waals surface area contributed by atoms with Crippen molar-refractivity contribution in [3.8, 4) is 0 Å². The standard InChI is InChI=1S/C10H12N2O2/c13-9(14)4-7-12-6-3-8-2-1-5-11-10(8)12/h1-2,5H,3-4,6-7H2,(H,13,14). The first-order chi connectivity index (χ1) is 6.77. The highest BCUT2D eigenvalue weighted by Crippen LogP contribution is 2.24. The third kappa shape index (κ3) is 1.69. The summed E-state index contributed by atoms with van der Waals surface area (Å²) in [6, 6.07) is 3.96. The van der Waals surface area contributed by atoms with Gasteiger partial charge in [-0.3, -0.25) is 4.79 Å². The zero-order valence-electron chi connectivity index (χ0n) is 7.81. The average Bonchev–Trinajstić information content (AvgIpc) is 2.58. The van der Waals surface area contributed by atoms with E-state index in [1.165, 1.54) is 5.56 Å². The van der Waals surface area contributed by atoms with Crippen LogP contribution < -0.4 is 4.90 Å². The molecule has 14 heavy (non-hydrogen) atoms. The monoisotopic (exact) mass is 192 g/mol. The molecule has 0 radical (unpaired) electrons. The summed E-state index contributed by atoms with van der Waals surface area (Å²) >= 11 is 0. The number of hydrogen-bond acceptors (Lipinski definition) is 3. The van der Waals surface area contributed by atoms with Crippen LogP contribution in [0.5, 0.6) is 0 Å². The van der Waals surface area contributed by atoms with Crippen LogP contribution in [0.4, 0.5) is 5.82 Å². The van der Waals surface area contributed by atoms with Crippen molar-refractivity contribution in [3.63, 3.8) is 0 Å². The van der Waals surface area contributed by atoms with Crippen molar-refractivity contribution in [2.75, 3.05) is 18.0 Å². The Labute approximate surface area is 82.2 Å². The van der Waals surface area contributed by atoms with Crippen molar-refractivity contribution in [1.82, 2.24) is 4.98 Å². The van der Waals surface area contributed by atoms with Gasteiger partial charge in [0.2, 0.25) is 0 Å². The molecule has 2 rings (SSSR count). The predicted molar refractivity (Wildman–Crippen MR) is 52.4 cm³/mol. The first-order valence-electron chi connectivity index (χ1n) is 4.68. The fourth-order valence-electron chi connectivity index (χ4n) is 1.72. The molecular formula is C10H12N2O2. The minimum Gasteiger partial charge on any atom is -0.481 e. The number of hydrogen-bond donors (Lipinski definition) is 1. The van der Waals surface area contributed by atoms with Crippen molar-refractivity contribution in [2.24, 2.45) is 0 Å². The topological polar surface area (TPSA) is 53.4 Å². The second kappa shape index (κ2) is 3.65. The molecule has 0 aromatic carbocycles. The Morgan fingerprint density at radius 2 is 2.50 bits per heavy atom. The van der Waals surface area contributed by atoms with Crippen LogP contribution in [0.2, 0.25) is 0 Å². The molecule has 4 heteroatoms. The van der Waals surface area contributed by atoms with Crippen LogP contribution in [0.25, 0.3) is 0 Å². The van der Waals surface area contributed by atoms with Crippen LogP contribution >= 0.6 is 0 Å². The molecule has 1 aliphatic heterocycles. The molecule has 0 saturated heterocycles. The molecule has 0 amide bonds. The van der Waals surface area contributed by atoms with E-state index in [4.69, 9.17) is 5.11 Å². The lowest BCUT2D eigenvalue weighted by Gasteiger charge is -2.16. The Balaban J connectivity index is 2.07. The van der Waals surface area contributed by atoms with Crippen LogP contribution in [-0.4, -0.2) is 29.1 Å². The molecule has 0 fully saturated rings. The summed E-state index contributed by atoms with van der Waals surface area (Å²) in [7, 11) is 0. The Hall–Kier alpha value is -1.58. The van der Waals surface area contributed by atoms with E-state index in [-0.39, 0.29) is 6.42 Å². The van der Waals surface area contributed by atoms with Crippen molar-refractivity contribution >= 4 is 11.8 Å². The minimum absolute atomic E-state index is 0.177. The van der Waals surface area contributed by atoms with Gasteiger partial charge in [-0.05, 0) is 18.1 Å². The highest BCUT2D eigenvalue weighted by Gasteiger charge is 2.19. The number of rotatable bonds is 3. The lowest BCUT2D eigenvalue weighted by molar-refractivity contribution is -0.136. The van der Waals surface area contributed by atoms with Gasteiger partial charge in [-0.1, -0.05) is 6.07 Å². The molecule has 0 saturated carbocycles. The number of fused-ring (bicyclic) bond motifs is 1. The summed E-state index contributed by atoms with van der Waals surface area (Å²) in [5, 5.41) is 8.57. The van der Waals surface area contributed by atoms with Crippen LogP contribution in [-0.2, 0) is 11.2 Å². The molecule has 0 spiro atoms. The molecular weight excluding hydrogens is 180 g/mol. The maximum absolute atomic E-state index is 10.4. The minimum atomic E-state index is -0.755. The first kappa shape index (κ1) is 8.99. The summed E-state index contributed by atoms with van der Waals surface area (Å²) in [5.74, 6) is 0.197. The number of anilines is 1. The van der Waals surface area contributed by atoms with E-state index in [1.807, 2.05) is 17.0 Å². The van der Waals surface area contributed by atoms with Gasteiger partial charge < -0.3 is 10.0 Å². The van der Waals surface area contributed by atoms with Crippen LogP contribution in [0.1, 0.15) is 12.0 Å². The fraction of sp³-hybridized carbons (Fsp3) is 0.400. The smallest absolute Gasteiger partial charge is 0.305 e. The molecule has 74 valence electrons. The van der Waals surface area contributed by atoms with E-state index in [1.54, 1.807) is 6.20 Å². The van der Waals surface area contributed by atoms with Gasteiger partial charge in [0.15, 0.2) is 0 Å². The number of aromatic nitrogens is 1. The molecule has 1 aromatic heterocycles. The fourth-order valence-corrected chi connectivity index (χ4v) is 1.72. The normalized spacial score (nSPS) is 14.1. The number of nitrogens with zero attached hydrogens (tertiary/aromatic N) is 2. The van der Waals surface area contributed by atoms with Gasteiger partial charge in [-0.25, -0.2) is 4.98 Å². The summed E-state index contributed by atoms with van der Waals surface area (Å²) < 4.78 is 0. The van der Waals surface area contributed by atoms with Crippen LogP contribution in [0, 0.1) is 0 Å². The maximum Gasteiger partial charge on any atom is 0.305 e. The summed E-state index contributed by atoms with van der Waals surface area (Å²) in [6.45, 7) is 1.44. The van der Waals surface area contributed by atoms with Crippen molar-refractivity contribution in [1.29, 1.82) is 0 Å². The molecule has 0 aliphatic carbocycles. The molecule has 0 bridgehead atoms. The van der Waals surface area contributed by atoms with Crippen LogP contribution in [0.3, 0.4) is 0 Å². The van der Waals surface area contributed by atoms with Gasteiger partial charge in [0.1, 0.15) is 5.82 Å². The van der Waals surface area contributed by atoms with E-state index >= 15 is 0 Å². The zero-order valence-corrected chi connectivity index (χ0v) is 7.81. The lowest BCUT2D eigenvalue weighted by atomic mass is 10.2. The van der Waals surface area contributed by atoms with Gasteiger partial charge in [0, 0.05) is 19.3 Å². The third-order valence-electron chi connectivity index (χ3n) is 2.41. The van der Waals surface area contributed by atoms with Gasteiger partial charge in [0.05, 0.1) is 6.42 Å². The van der Waals surface area contributed by atoms with Gasteiger partial charge >= 0.3 is 5.97 Å². The number of carboxylic acid groups (broad SMARTS) is 1. The number of carboxylic acids is 1. The van der Waals surface area contributed by atoms with E-state index in [2.05, 4.69) is 4.98 Å². The highest BCUT2D eigenvalue weighted by atomic mass is 16.4. The summed E-state index contributed by atoms with van der Waals surface area (Å²) in [4.78, 5) is 16.7. The lowest BCUT2D eigenvalue weighted by Crippen LogP contribution is -2.24. The highest BCUT2D eigenvalue weighted by molar-refractivity contribution is 5.68. The largest absolute Gasteiger partial charge is 0.481 e. The van der Waals surface area contributed by atoms with E-state index in [9.17, 15) is 4.79 Å². The Kier molecular flexibility index (Phi) is 2.35. The van der Waals surface area contributed by atoms with E-state index in [0.717, 1.165) is 18.8 Å². The first-order valence-corrected chi connectivity index (χ1v) is 4.68. The third-order valence-corrected chi connectivity index (χ3v) is 2.41. The van der Waals surface area contributed by atoms with Crippen LogP contribution in [0.15, 0.2) is 18.3 Å². The molecule has 2 heterocycles. The quantitative estimate of drug-likeness (QED) is 0.773. The van der Waals surface area contributed by atoms with Crippen molar-refractivity contribution < 1.29 is 9.90 Å².